The Morgan fingerprint density at radius 3 is 1.56 bits per heavy atom. The molecule has 322 valence electrons. The third kappa shape index (κ3) is 19.9. The predicted octanol–water partition coefficient (Wildman–Crippen LogP) is 13.6. The molecule has 0 aliphatic rings. The van der Waals surface area contributed by atoms with Crippen molar-refractivity contribution in [3.63, 3.8) is 0 Å². The average Bonchev–Trinajstić information content (AvgIpc) is 3.23. The fourth-order valence-corrected chi connectivity index (χ4v) is 5.46. The number of halogens is 5. The molecule has 0 radical (unpaired) electrons. The van der Waals surface area contributed by atoms with Crippen LogP contribution in [0, 0.1) is 20.8 Å². The molecular formula is C46H42Cl2F3N5O6. The van der Waals surface area contributed by atoms with Crippen LogP contribution in [0.15, 0.2) is 122 Å². The summed E-state index contributed by atoms with van der Waals surface area (Å²) in [5, 5.41) is 1.22. The minimum atomic E-state index is -4.71. The summed E-state index contributed by atoms with van der Waals surface area (Å²) in [5.74, 6) is 0.0225. The van der Waals surface area contributed by atoms with Crippen LogP contribution in [-0.4, -0.2) is 36.8 Å². The Morgan fingerprint density at radius 1 is 0.565 bits per heavy atom. The molecule has 0 atom stereocenters. The minimum Gasteiger partial charge on any atom is -0.406 e. The summed E-state index contributed by atoms with van der Waals surface area (Å²) >= 11 is 11.3. The van der Waals surface area contributed by atoms with Crippen LogP contribution >= 0.6 is 23.2 Å². The molecule has 0 heterocycles. The second-order valence-corrected chi connectivity index (χ2v) is 13.6. The van der Waals surface area contributed by atoms with E-state index >= 15 is 0 Å². The first-order valence-corrected chi connectivity index (χ1v) is 19.2. The van der Waals surface area contributed by atoms with Crippen LogP contribution in [-0.2, 0) is 36.8 Å². The lowest BCUT2D eigenvalue weighted by atomic mass is 9.99. The third-order valence-electron chi connectivity index (χ3n) is 8.08. The highest BCUT2D eigenvalue weighted by atomic mass is 35.5. The monoisotopic (exact) mass is 887 g/mol. The Bertz CT molecular complexity index is 2440. The van der Waals surface area contributed by atoms with E-state index in [1.54, 1.807) is 48.6 Å². The second-order valence-electron chi connectivity index (χ2n) is 12.7. The fraction of sp³-hybridized carbons (Fsp3) is 0.239. The highest BCUT2D eigenvalue weighted by Crippen LogP contribution is 2.30. The molecular weight excluding hydrogens is 846 g/mol. The zero-order valence-corrected chi connectivity index (χ0v) is 36.3. The van der Waals surface area contributed by atoms with Gasteiger partial charge in [-0.25, -0.2) is 24.0 Å². The fourth-order valence-electron chi connectivity index (χ4n) is 5.07. The zero-order valence-electron chi connectivity index (χ0n) is 34.8. The van der Waals surface area contributed by atoms with Gasteiger partial charge in [0.05, 0.1) is 28.4 Å². The second kappa shape index (κ2) is 28.6. The van der Waals surface area contributed by atoms with Crippen LogP contribution in [0.1, 0.15) is 67.0 Å². The lowest BCUT2D eigenvalue weighted by Crippen LogP contribution is -2.16. The van der Waals surface area contributed by atoms with E-state index in [0.29, 0.717) is 27.3 Å². The number of nitrogens with zero attached hydrogens (tertiary/aromatic N) is 5. The standard InChI is InChI=1S/2C11H13NO.2C8H6ClNO.C8H4F3NO2/c1-8(2)10-6-4-5-9(3)11(10)12-7-13;1-3-9-6-5-7-10(4-2)11(9)12-8-13;1-6-4-7(9)2-3-8(6)10-5-11;1-6-2-3-7(9)4-8(6)10-5-11;9-8(10,11)14-7-3-1-6(2-4-7)12-5-13/h4-6,8H,1-3H3;5-7H,3-4H2,1-2H3;2*2-4H,1H3;1-4H. The summed E-state index contributed by atoms with van der Waals surface area (Å²) in [6.45, 7) is 13.9. The van der Waals surface area contributed by atoms with E-state index in [4.69, 9.17) is 23.2 Å². The summed E-state index contributed by atoms with van der Waals surface area (Å²) in [5.41, 5.74) is 9.13. The van der Waals surface area contributed by atoms with Gasteiger partial charge in [-0.1, -0.05) is 93.4 Å². The minimum absolute atomic E-state index is 0.217. The van der Waals surface area contributed by atoms with Crippen molar-refractivity contribution in [1.82, 2.24) is 0 Å². The Kier molecular flexibility index (Phi) is 24.5. The van der Waals surface area contributed by atoms with E-state index in [0.717, 1.165) is 69.7 Å². The number of carbonyl (C=O) groups excluding carboxylic acids is 5. The third-order valence-corrected chi connectivity index (χ3v) is 8.55. The molecule has 0 aliphatic heterocycles. The van der Waals surface area contributed by atoms with Crippen LogP contribution in [0.25, 0.3) is 0 Å². The normalized spacial score (nSPS) is 9.56. The van der Waals surface area contributed by atoms with E-state index in [1.807, 2.05) is 57.2 Å². The van der Waals surface area contributed by atoms with Crippen LogP contribution < -0.4 is 4.74 Å². The molecule has 62 heavy (non-hydrogen) atoms. The number of alkyl halides is 3. The predicted molar refractivity (Wildman–Crippen MR) is 235 cm³/mol. The Hall–Kier alpha value is -6.83. The largest absolute Gasteiger partial charge is 0.573 e. The number of hydrogen-bond donors (Lipinski definition) is 0. The summed E-state index contributed by atoms with van der Waals surface area (Å²) in [6, 6.07) is 26.8. The van der Waals surface area contributed by atoms with E-state index in [-0.39, 0.29) is 11.4 Å². The average molecular weight is 889 g/mol. The van der Waals surface area contributed by atoms with E-state index in [1.165, 1.54) is 30.4 Å². The van der Waals surface area contributed by atoms with Crippen LogP contribution in [0.4, 0.5) is 41.6 Å². The van der Waals surface area contributed by atoms with Gasteiger partial charge in [0.2, 0.25) is 30.4 Å². The van der Waals surface area contributed by atoms with Crippen LogP contribution in [0.3, 0.4) is 0 Å². The van der Waals surface area contributed by atoms with Gasteiger partial charge in [0.1, 0.15) is 5.75 Å². The van der Waals surface area contributed by atoms with Gasteiger partial charge in [-0.05, 0) is 128 Å². The lowest BCUT2D eigenvalue weighted by molar-refractivity contribution is -0.274. The van der Waals surface area contributed by atoms with Gasteiger partial charge in [0, 0.05) is 10.0 Å². The molecule has 0 N–H and O–H groups in total. The zero-order chi connectivity index (χ0) is 46.7. The summed E-state index contributed by atoms with van der Waals surface area (Å²) in [6.07, 6.45) is 4.49. The maximum Gasteiger partial charge on any atom is 0.573 e. The van der Waals surface area contributed by atoms with Gasteiger partial charge < -0.3 is 4.74 Å². The Labute approximate surface area is 367 Å². The number of rotatable bonds is 9. The molecule has 5 rings (SSSR count). The van der Waals surface area contributed by atoms with Gasteiger partial charge in [-0.15, -0.1) is 13.2 Å². The molecule has 0 aromatic heterocycles. The molecule has 0 amide bonds. The van der Waals surface area contributed by atoms with Crippen LogP contribution in [0.2, 0.25) is 10.0 Å². The molecule has 0 unspecified atom stereocenters. The first-order valence-electron chi connectivity index (χ1n) is 18.5. The highest BCUT2D eigenvalue weighted by molar-refractivity contribution is 6.31. The first-order chi connectivity index (χ1) is 29.5. The summed E-state index contributed by atoms with van der Waals surface area (Å²) in [4.78, 5) is 67.6. The molecule has 0 fully saturated rings. The Morgan fingerprint density at radius 2 is 1.06 bits per heavy atom. The van der Waals surface area contributed by atoms with Crippen molar-refractivity contribution in [2.24, 2.45) is 25.0 Å². The number of isocyanates is 5. The molecule has 0 bridgehead atoms. The molecule has 5 aromatic rings. The van der Waals surface area contributed by atoms with Gasteiger partial charge >= 0.3 is 6.36 Å². The molecule has 0 saturated carbocycles. The first kappa shape index (κ1) is 53.2. The molecule has 0 saturated heterocycles. The van der Waals surface area contributed by atoms with Crippen molar-refractivity contribution in [3.8, 4) is 5.75 Å². The smallest absolute Gasteiger partial charge is 0.406 e. The van der Waals surface area contributed by atoms with Crippen molar-refractivity contribution in [1.29, 1.82) is 0 Å². The number of hydrogen-bond acceptors (Lipinski definition) is 11. The van der Waals surface area contributed by atoms with Crippen LogP contribution in [0.5, 0.6) is 5.75 Å². The molecule has 16 heteroatoms. The van der Waals surface area contributed by atoms with Crippen molar-refractivity contribution in [3.05, 3.63) is 140 Å². The summed E-state index contributed by atoms with van der Waals surface area (Å²) in [7, 11) is 0. The number of benzene rings is 5. The van der Waals surface area contributed by atoms with Gasteiger partial charge in [-0.3, -0.25) is 0 Å². The molecule has 5 aromatic carbocycles. The Balaban J connectivity index is 0.000000389. The number of para-hydroxylation sites is 2. The lowest BCUT2D eigenvalue weighted by Gasteiger charge is -2.09. The molecule has 11 nitrogen and oxygen atoms in total. The van der Waals surface area contributed by atoms with Gasteiger partial charge in [0.25, 0.3) is 0 Å². The van der Waals surface area contributed by atoms with Crippen molar-refractivity contribution in [2.45, 2.75) is 73.6 Å². The van der Waals surface area contributed by atoms with E-state index < -0.39 is 6.36 Å². The topological polar surface area (TPSA) is 156 Å². The van der Waals surface area contributed by atoms with Gasteiger partial charge in [0.15, 0.2) is 0 Å². The van der Waals surface area contributed by atoms with Gasteiger partial charge in [-0.2, -0.15) is 25.0 Å². The molecule has 0 spiro atoms. The van der Waals surface area contributed by atoms with Crippen molar-refractivity contribution >= 4 is 82.0 Å². The number of ether oxygens (including phenoxy) is 1. The number of aryl methyl sites for hydroxylation is 5. The number of aliphatic imine (C=N–C) groups is 5. The quantitative estimate of drug-likeness (QED) is 0.106. The highest BCUT2D eigenvalue weighted by Gasteiger charge is 2.30. The van der Waals surface area contributed by atoms with Crippen molar-refractivity contribution < 1.29 is 41.9 Å². The maximum atomic E-state index is 11.7. The van der Waals surface area contributed by atoms with Crippen molar-refractivity contribution in [2.75, 3.05) is 0 Å². The molecule has 0 aliphatic carbocycles. The summed E-state index contributed by atoms with van der Waals surface area (Å²) < 4.78 is 38.6. The van der Waals surface area contributed by atoms with E-state index in [9.17, 15) is 37.1 Å². The maximum absolute atomic E-state index is 11.7. The van der Waals surface area contributed by atoms with E-state index in [2.05, 4.69) is 57.4 Å². The SMILES string of the molecule is CCc1cccc(CC)c1N=C=O.Cc1cc(Cl)ccc1N=C=O.Cc1ccc(Cl)cc1N=C=O.Cc1cccc(C(C)C)c1N=C=O.O=C=Nc1ccc(OC(F)(F)F)cc1.